The summed E-state index contributed by atoms with van der Waals surface area (Å²) in [6, 6.07) is 1.43. The Morgan fingerprint density at radius 2 is 2.00 bits per heavy atom. The summed E-state index contributed by atoms with van der Waals surface area (Å²) in [6.45, 7) is 15.4. The first kappa shape index (κ1) is 14.0. The molecule has 0 amide bonds. The van der Waals surface area contributed by atoms with E-state index < -0.39 is 0 Å². The van der Waals surface area contributed by atoms with Gasteiger partial charge >= 0.3 is 0 Å². The molecule has 0 radical (unpaired) electrons. The molecule has 0 bridgehead atoms. The van der Waals surface area contributed by atoms with Gasteiger partial charge in [0.1, 0.15) is 0 Å². The van der Waals surface area contributed by atoms with Crippen LogP contribution >= 0.6 is 0 Å². The molecular formula is C14H30N2. The zero-order valence-corrected chi connectivity index (χ0v) is 11.8. The van der Waals surface area contributed by atoms with E-state index in [2.05, 4.69) is 44.8 Å². The van der Waals surface area contributed by atoms with Crippen LogP contribution in [0, 0.1) is 11.8 Å². The van der Waals surface area contributed by atoms with Crippen molar-refractivity contribution < 1.29 is 0 Å². The maximum absolute atomic E-state index is 3.72. The third-order valence-corrected chi connectivity index (χ3v) is 3.95. The van der Waals surface area contributed by atoms with Gasteiger partial charge in [0.2, 0.25) is 0 Å². The minimum absolute atomic E-state index is 0.689. The topological polar surface area (TPSA) is 15.3 Å². The summed E-state index contributed by atoms with van der Waals surface area (Å²) in [5.74, 6) is 1.57. The summed E-state index contributed by atoms with van der Waals surface area (Å²) in [4.78, 5) is 2.68. The molecule has 16 heavy (non-hydrogen) atoms. The molecule has 1 aliphatic heterocycles. The molecule has 1 saturated heterocycles. The van der Waals surface area contributed by atoms with Crippen LogP contribution in [-0.4, -0.2) is 36.6 Å². The van der Waals surface area contributed by atoms with Gasteiger partial charge in [0.15, 0.2) is 0 Å². The first-order chi connectivity index (χ1) is 7.54. The van der Waals surface area contributed by atoms with Gasteiger partial charge in [-0.05, 0) is 31.7 Å². The van der Waals surface area contributed by atoms with E-state index in [-0.39, 0.29) is 0 Å². The van der Waals surface area contributed by atoms with Crippen molar-refractivity contribution in [3.05, 3.63) is 0 Å². The van der Waals surface area contributed by atoms with Gasteiger partial charge in [-0.3, -0.25) is 4.90 Å². The second-order valence-corrected chi connectivity index (χ2v) is 5.93. The highest BCUT2D eigenvalue weighted by Crippen LogP contribution is 2.17. The van der Waals surface area contributed by atoms with Crippen molar-refractivity contribution in [2.45, 2.75) is 59.5 Å². The Bertz CT molecular complexity index is 191. The number of hydrogen-bond acceptors (Lipinski definition) is 2. The fourth-order valence-electron chi connectivity index (χ4n) is 2.55. The Morgan fingerprint density at radius 1 is 1.31 bits per heavy atom. The largest absolute Gasteiger partial charge is 0.312 e. The van der Waals surface area contributed by atoms with Gasteiger partial charge < -0.3 is 5.32 Å². The summed E-state index contributed by atoms with van der Waals surface area (Å²) in [5, 5.41) is 3.72. The highest BCUT2D eigenvalue weighted by molar-refractivity contribution is 4.84. The van der Waals surface area contributed by atoms with E-state index in [4.69, 9.17) is 0 Å². The van der Waals surface area contributed by atoms with Gasteiger partial charge in [-0.25, -0.2) is 0 Å². The molecule has 0 aromatic heterocycles. The molecule has 0 aliphatic carbocycles. The highest BCUT2D eigenvalue weighted by Gasteiger charge is 2.25. The molecule has 3 atom stereocenters. The van der Waals surface area contributed by atoms with Crippen molar-refractivity contribution in [3.8, 4) is 0 Å². The van der Waals surface area contributed by atoms with Crippen LogP contribution in [0.4, 0.5) is 0 Å². The van der Waals surface area contributed by atoms with Gasteiger partial charge in [0.25, 0.3) is 0 Å². The minimum atomic E-state index is 0.689. The van der Waals surface area contributed by atoms with Crippen LogP contribution in [0.5, 0.6) is 0 Å². The molecule has 0 aromatic rings. The molecule has 1 fully saturated rings. The van der Waals surface area contributed by atoms with Gasteiger partial charge in [-0.15, -0.1) is 0 Å². The molecule has 0 spiro atoms. The van der Waals surface area contributed by atoms with E-state index in [0.717, 1.165) is 17.9 Å². The Morgan fingerprint density at radius 3 is 2.56 bits per heavy atom. The third kappa shape index (κ3) is 4.06. The summed E-state index contributed by atoms with van der Waals surface area (Å²) in [5.41, 5.74) is 0. The Balaban J connectivity index is 2.58. The van der Waals surface area contributed by atoms with Crippen molar-refractivity contribution in [2.75, 3.05) is 19.6 Å². The zero-order chi connectivity index (χ0) is 12.1. The molecule has 0 aromatic carbocycles. The lowest BCUT2D eigenvalue weighted by Crippen LogP contribution is -2.44. The van der Waals surface area contributed by atoms with Crippen LogP contribution in [-0.2, 0) is 0 Å². The molecule has 1 heterocycles. The highest BCUT2D eigenvalue weighted by atomic mass is 15.2. The van der Waals surface area contributed by atoms with Crippen LogP contribution < -0.4 is 5.32 Å². The lowest BCUT2D eigenvalue weighted by atomic mass is 9.98. The molecule has 1 N–H and O–H groups in total. The molecular weight excluding hydrogens is 196 g/mol. The van der Waals surface area contributed by atoms with Gasteiger partial charge in [0.05, 0.1) is 0 Å². The van der Waals surface area contributed by atoms with Crippen LogP contribution in [0.15, 0.2) is 0 Å². The Hall–Kier alpha value is -0.0800. The summed E-state index contributed by atoms with van der Waals surface area (Å²) in [6.07, 6.45) is 2.57. The fraction of sp³-hybridized carbons (Fsp3) is 1.00. The number of nitrogens with zero attached hydrogens (tertiary/aromatic N) is 1. The SMILES string of the molecule is CCC(C)C1CN(CC(C)C)C(C)CCN1. The summed E-state index contributed by atoms with van der Waals surface area (Å²) >= 11 is 0. The zero-order valence-electron chi connectivity index (χ0n) is 11.8. The summed E-state index contributed by atoms with van der Waals surface area (Å²) in [7, 11) is 0. The fourth-order valence-corrected chi connectivity index (χ4v) is 2.55. The van der Waals surface area contributed by atoms with E-state index in [9.17, 15) is 0 Å². The minimum Gasteiger partial charge on any atom is -0.312 e. The average molecular weight is 226 g/mol. The van der Waals surface area contributed by atoms with Gasteiger partial charge in [0, 0.05) is 25.2 Å². The molecule has 1 rings (SSSR count). The van der Waals surface area contributed by atoms with E-state index in [1.54, 1.807) is 0 Å². The second-order valence-electron chi connectivity index (χ2n) is 5.93. The van der Waals surface area contributed by atoms with E-state index >= 15 is 0 Å². The lowest BCUT2D eigenvalue weighted by Gasteiger charge is -2.32. The lowest BCUT2D eigenvalue weighted by molar-refractivity contribution is 0.169. The quantitative estimate of drug-likeness (QED) is 0.793. The Kier molecular flexibility index (Phi) is 5.77. The predicted octanol–water partition coefficient (Wildman–Crippen LogP) is 2.74. The summed E-state index contributed by atoms with van der Waals surface area (Å²) < 4.78 is 0. The van der Waals surface area contributed by atoms with Crippen LogP contribution in [0.3, 0.4) is 0 Å². The molecule has 0 saturated carbocycles. The smallest absolute Gasteiger partial charge is 0.0220 e. The third-order valence-electron chi connectivity index (χ3n) is 3.95. The van der Waals surface area contributed by atoms with Crippen LogP contribution in [0.2, 0.25) is 0 Å². The van der Waals surface area contributed by atoms with Crippen molar-refractivity contribution >= 4 is 0 Å². The maximum Gasteiger partial charge on any atom is 0.0220 e. The predicted molar refractivity (Wildman–Crippen MR) is 71.7 cm³/mol. The first-order valence-corrected chi connectivity index (χ1v) is 7.02. The molecule has 2 heteroatoms. The van der Waals surface area contributed by atoms with E-state index in [1.165, 1.54) is 32.5 Å². The first-order valence-electron chi connectivity index (χ1n) is 7.02. The van der Waals surface area contributed by atoms with Gasteiger partial charge in [-0.2, -0.15) is 0 Å². The second kappa shape index (κ2) is 6.61. The van der Waals surface area contributed by atoms with E-state index in [0.29, 0.717) is 6.04 Å². The Labute approximate surface area is 102 Å². The molecule has 3 unspecified atom stereocenters. The van der Waals surface area contributed by atoms with Crippen molar-refractivity contribution in [2.24, 2.45) is 11.8 Å². The number of hydrogen-bond donors (Lipinski definition) is 1. The van der Waals surface area contributed by atoms with Crippen LogP contribution in [0.25, 0.3) is 0 Å². The van der Waals surface area contributed by atoms with Crippen LogP contribution in [0.1, 0.15) is 47.5 Å². The molecule has 96 valence electrons. The van der Waals surface area contributed by atoms with E-state index in [1.807, 2.05) is 0 Å². The maximum atomic E-state index is 3.72. The normalized spacial score (nSPS) is 30.4. The van der Waals surface area contributed by atoms with Crippen molar-refractivity contribution in [1.82, 2.24) is 10.2 Å². The van der Waals surface area contributed by atoms with Gasteiger partial charge in [-0.1, -0.05) is 34.1 Å². The standard InChI is InChI=1S/C14H30N2/c1-6-12(4)14-10-16(9-11(2)3)13(5)7-8-15-14/h11-15H,6-10H2,1-5H3. The number of rotatable bonds is 4. The van der Waals surface area contributed by atoms with Crippen molar-refractivity contribution in [1.29, 1.82) is 0 Å². The number of nitrogens with one attached hydrogen (secondary N) is 1. The average Bonchev–Trinajstić information content (AvgIpc) is 2.40. The molecule has 1 aliphatic rings. The van der Waals surface area contributed by atoms with Crippen molar-refractivity contribution in [3.63, 3.8) is 0 Å². The molecule has 2 nitrogen and oxygen atoms in total. The monoisotopic (exact) mass is 226 g/mol.